The van der Waals surface area contributed by atoms with Gasteiger partial charge in [0.25, 0.3) is 5.69 Å². The van der Waals surface area contributed by atoms with Gasteiger partial charge in [-0.05, 0) is 30.0 Å². The zero-order valence-corrected chi connectivity index (χ0v) is 18.2. The number of nitrogens with zero attached hydrogens (tertiary/aromatic N) is 3. The molecule has 0 aliphatic rings. The van der Waals surface area contributed by atoms with Crippen LogP contribution in [0, 0.1) is 16.0 Å². The maximum Gasteiger partial charge on any atom is 0.269 e. The van der Waals surface area contributed by atoms with Crippen molar-refractivity contribution < 1.29 is 19.3 Å². The Labute approximate surface area is 186 Å². The topological polar surface area (TPSA) is 124 Å². The largest absolute Gasteiger partial charge is 0.389 e. The van der Waals surface area contributed by atoms with E-state index in [-0.39, 0.29) is 18.3 Å². The lowest BCUT2D eigenvalue weighted by Crippen LogP contribution is -2.34. The first-order chi connectivity index (χ1) is 15.4. The first-order valence-electron chi connectivity index (χ1n) is 10.5. The number of nitro groups is 1. The van der Waals surface area contributed by atoms with E-state index in [0.29, 0.717) is 42.8 Å². The molecule has 1 aromatic heterocycles. The average molecular weight is 441 g/mol. The van der Waals surface area contributed by atoms with Crippen LogP contribution in [0.4, 0.5) is 5.69 Å². The lowest BCUT2D eigenvalue weighted by Gasteiger charge is -2.18. The molecule has 2 N–H and O–H groups in total. The lowest BCUT2D eigenvalue weighted by atomic mass is 10.1. The normalized spacial score (nSPS) is 13.2. The summed E-state index contributed by atoms with van der Waals surface area (Å²) in [6.45, 7) is 5.23. The van der Waals surface area contributed by atoms with Gasteiger partial charge in [-0.25, -0.2) is 0 Å². The first-order valence-corrected chi connectivity index (χ1v) is 10.5. The van der Waals surface area contributed by atoms with Crippen molar-refractivity contribution in [1.29, 1.82) is 0 Å². The summed E-state index contributed by atoms with van der Waals surface area (Å²) in [5.74, 6) is 1.12. The fourth-order valence-electron chi connectivity index (χ4n) is 3.10. The predicted molar refractivity (Wildman–Crippen MR) is 119 cm³/mol. The third kappa shape index (κ3) is 6.94. The summed E-state index contributed by atoms with van der Waals surface area (Å²) >= 11 is 0. The minimum atomic E-state index is -0.677. The molecule has 0 bridgehead atoms. The second kappa shape index (κ2) is 11.5. The molecule has 0 radical (unpaired) electrons. The Morgan fingerprint density at radius 1 is 1.12 bits per heavy atom. The van der Waals surface area contributed by atoms with Crippen LogP contribution in [0.3, 0.4) is 0 Å². The second-order valence-corrected chi connectivity index (χ2v) is 8.00. The summed E-state index contributed by atoms with van der Waals surface area (Å²) in [5, 5.41) is 28.5. The van der Waals surface area contributed by atoms with Gasteiger partial charge in [-0.2, -0.15) is 4.98 Å². The van der Waals surface area contributed by atoms with Crippen LogP contribution in [-0.4, -0.2) is 46.0 Å². The quantitative estimate of drug-likeness (QED) is 0.324. The average Bonchev–Trinajstić information content (AvgIpc) is 3.27. The highest BCUT2D eigenvalue weighted by atomic mass is 16.6. The highest BCUT2D eigenvalue weighted by molar-refractivity contribution is 5.56. The van der Waals surface area contributed by atoms with Crippen LogP contribution < -0.4 is 5.32 Å². The molecule has 0 amide bonds. The van der Waals surface area contributed by atoms with Crippen LogP contribution in [0.15, 0.2) is 59.1 Å². The lowest BCUT2D eigenvalue weighted by molar-refractivity contribution is -0.384. The van der Waals surface area contributed by atoms with E-state index >= 15 is 0 Å². The van der Waals surface area contributed by atoms with Crippen molar-refractivity contribution in [2.24, 2.45) is 5.92 Å². The van der Waals surface area contributed by atoms with Crippen LogP contribution in [0.25, 0.3) is 11.4 Å². The minimum Gasteiger partial charge on any atom is -0.389 e. The van der Waals surface area contributed by atoms with Gasteiger partial charge in [0.2, 0.25) is 11.7 Å². The summed E-state index contributed by atoms with van der Waals surface area (Å²) < 4.78 is 11.0. The maximum absolute atomic E-state index is 10.9. The van der Waals surface area contributed by atoms with Crippen LogP contribution in [0.5, 0.6) is 0 Å². The SMILES string of the molecule is CC(C)COC[C@@H](O)CN[C@H](Cc1ccccc1)c1nc(-c2ccc([N+](=O)[O-])cc2)no1. The number of nitrogens with one attached hydrogen (secondary N) is 1. The van der Waals surface area contributed by atoms with Gasteiger partial charge in [-0.3, -0.25) is 10.1 Å². The molecule has 170 valence electrons. The van der Waals surface area contributed by atoms with Crippen LogP contribution >= 0.6 is 0 Å². The molecule has 1 heterocycles. The van der Waals surface area contributed by atoms with Gasteiger partial charge in [0.1, 0.15) is 0 Å². The second-order valence-electron chi connectivity index (χ2n) is 8.00. The smallest absolute Gasteiger partial charge is 0.269 e. The Kier molecular flexibility index (Phi) is 8.43. The molecule has 0 aliphatic carbocycles. The zero-order valence-electron chi connectivity index (χ0n) is 18.2. The number of aliphatic hydroxyl groups is 1. The molecule has 0 saturated heterocycles. The fourth-order valence-corrected chi connectivity index (χ4v) is 3.10. The van der Waals surface area contributed by atoms with Crippen molar-refractivity contribution in [1.82, 2.24) is 15.5 Å². The van der Waals surface area contributed by atoms with Gasteiger partial charge < -0.3 is 19.7 Å². The molecular formula is C23H28N4O5. The van der Waals surface area contributed by atoms with E-state index in [1.807, 2.05) is 30.3 Å². The summed E-state index contributed by atoms with van der Waals surface area (Å²) in [7, 11) is 0. The Balaban J connectivity index is 1.71. The number of aromatic nitrogens is 2. The number of nitro benzene ring substituents is 1. The Bertz CT molecular complexity index is 976. The molecule has 0 saturated carbocycles. The van der Waals surface area contributed by atoms with Gasteiger partial charge in [-0.1, -0.05) is 49.3 Å². The molecule has 2 aromatic carbocycles. The molecule has 0 aliphatic heterocycles. The number of benzene rings is 2. The molecule has 32 heavy (non-hydrogen) atoms. The van der Waals surface area contributed by atoms with Gasteiger partial charge in [0.05, 0.1) is 23.7 Å². The number of non-ortho nitro benzene ring substituents is 1. The van der Waals surface area contributed by atoms with E-state index in [2.05, 4.69) is 29.3 Å². The van der Waals surface area contributed by atoms with Crippen LogP contribution in [0.1, 0.15) is 31.3 Å². The third-order valence-electron chi connectivity index (χ3n) is 4.72. The third-order valence-corrected chi connectivity index (χ3v) is 4.72. The van der Waals surface area contributed by atoms with Crippen molar-refractivity contribution in [2.45, 2.75) is 32.4 Å². The molecule has 0 fully saturated rings. The predicted octanol–water partition coefficient (Wildman–Crippen LogP) is 3.55. The molecule has 2 atom stereocenters. The summed E-state index contributed by atoms with van der Waals surface area (Å²) in [6, 6.07) is 15.5. The van der Waals surface area contributed by atoms with E-state index < -0.39 is 11.0 Å². The van der Waals surface area contributed by atoms with Crippen molar-refractivity contribution in [2.75, 3.05) is 19.8 Å². The van der Waals surface area contributed by atoms with E-state index in [0.717, 1.165) is 5.56 Å². The zero-order chi connectivity index (χ0) is 22.9. The highest BCUT2D eigenvalue weighted by Gasteiger charge is 2.21. The van der Waals surface area contributed by atoms with Crippen molar-refractivity contribution >= 4 is 5.69 Å². The Morgan fingerprint density at radius 2 is 1.84 bits per heavy atom. The van der Waals surface area contributed by atoms with E-state index in [1.165, 1.54) is 12.1 Å². The number of rotatable bonds is 12. The highest BCUT2D eigenvalue weighted by Crippen LogP contribution is 2.23. The number of aliphatic hydroxyl groups excluding tert-OH is 1. The molecule has 0 spiro atoms. The Hall–Kier alpha value is -3.14. The van der Waals surface area contributed by atoms with Crippen molar-refractivity contribution in [3.63, 3.8) is 0 Å². The first kappa shape index (κ1) is 23.5. The Morgan fingerprint density at radius 3 is 2.50 bits per heavy atom. The molecule has 3 aromatic rings. The molecular weight excluding hydrogens is 412 g/mol. The van der Waals surface area contributed by atoms with Gasteiger partial charge >= 0.3 is 0 Å². The van der Waals surface area contributed by atoms with Gasteiger partial charge in [0.15, 0.2) is 0 Å². The molecule has 3 rings (SSSR count). The minimum absolute atomic E-state index is 0.00485. The van der Waals surface area contributed by atoms with Crippen molar-refractivity contribution in [3.05, 3.63) is 76.2 Å². The number of ether oxygens (including phenoxy) is 1. The standard InChI is InChI=1S/C23H28N4O5/c1-16(2)14-31-15-20(28)13-24-21(12-17-6-4-3-5-7-17)23-25-22(26-32-23)18-8-10-19(11-9-18)27(29)30/h3-11,16,20-21,24,28H,12-15H2,1-2H3/t20-,21+/m0/s1. The fraction of sp³-hybridized carbons (Fsp3) is 0.391. The number of hydrogen-bond acceptors (Lipinski definition) is 8. The molecule has 0 unspecified atom stereocenters. The molecule has 9 nitrogen and oxygen atoms in total. The maximum atomic E-state index is 10.9. The van der Waals surface area contributed by atoms with Gasteiger partial charge in [0, 0.05) is 30.8 Å². The van der Waals surface area contributed by atoms with Crippen molar-refractivity contribution in [3.8, 4) is 11.4 Å². The van der Waals surface area contributed by atoms with Crippen LogP contribution in [0.2, 0.25) is 0 Å². The van der Waals surface area contributed by atoms with Gasteiger partial charge in [-0.15, -0.1) is 0 Å². The van der Waals surface area contributed by atoms with E-state index in [9.17, 15) is 15.2 Å². The van der Waals surface area contributed by atoms with E-state index in [1.54, 1.807) is 12.1 Å². The molecule has 9 heteroatoms. The summed E-state index contributed by atoms with van der Waals surface area (Å²) in [4.78, 5) is 14.9. The van der Waals surface area contributed by atoms with E-state index in [4.69, 9.17) is 9.26 Å². The summed E-state index contributed by atoms with van der Waals surface area (Å²) in [5.41, 5.74) is 1.69. The summed E-state index contributed by atoms with van der Waals surface area (Å²) in [6.07, 6.45) is -0.0911. The van der Waals surface area contributed by atoms with Crippen LogP contribution in [-0.2, 0) is 11.2 Å². The number of hydrogen-bond donors (Lipinski definition) is 2. The monoisotopic (exact) mass is 440 g/mol.